The van der Waals surface area contributed by atoms with Gasteiger partial charge in [-0.25, -0.2) is 0 Å². The summed E-state index contributed by atoms with van der Waals surface area (Å²) < 4.78 is 12.4. The molecule has 0 heterocycles. The van der Waals surface area contributed by atoms with Crippen LogP contribution >= 0.6 is 0 Å². The monoisotopic (exact) mass is 414 g/mol. The van der Waals surface area contributed by atoms with Crippen LogP contribution in [-0.2, 0) is 8.85 Å². The van der Waals surface area contributed by atoms with Crippen LogP contribution in [-0.4, -0.2) is 20.8 Å². The number of hydrogen-bond acceptors (Lipinski definition) is 2. The summed E-state index contributed by atoms with van der Waals surface area (Å²) in [6.07, 6.45) is 23.3. The summed E-state index contributed by atoms with van der Waals surface area (Å²) in [5, 5.41) is 0. The van der Waals surface area contributed by atoms with Crippen LogP contribution in [0.1, 0.15) is 137 Å². The van der Waals surface area contributed by atoms with Crippen molar-refractivity contribution in [3.63, 3.8) is 0 Å². The lowest BCUT2D eigenvalue weighted by atomic mass is 10.0. The van der Waals surface area contributed by atoms with Gasteiger partial charge in [0.25, 0.3) is 0 Å². The highest BCUT2D eigenvalue weighted by atomic mass is 28.4. The predicted molar refractivity (Wildman–Crippen MR) is 128 cm³/mol. The van der Waals surface area contributed by atoms with Crippen LogP contribution in [0.25, 0.3) is 0 Å². The van der Waals surface area contributed by atoms with Crippen LogP contribution < -0.4 is 0 Å². The normalized spacial score (nSPS) is 12.4. The summed E-state index contributed by atoms with van der Waals surface area (Å²) in [5.74, 6) is 0. The Kier molecular flexibility index (Phi) is 19.2. The average Bonchev–Trinajstić information content (AvgIpc) is 2.60. The Morgan fingerprint density at radius 1 is 0.500 bits per heavy atom. The molecule has 0 radical (unpaired) electrons. The number of unbranched alkanes of at least 4 members (excludes halogenated alkanes) is 15. The second-order valence-electron chi connectivity index (χ2n) is 9.52. The minimum absolute atomic E-state index is 0.275. The van der Waals surface area contributed by atoms with E-state index in [2.05, 4.69) is 41.2 Å². The largest absolute Gasteiger partial charge is 0.392 e. The molecule has 0 spiro atoms. The van der Waals surface area contributed by atoms with Gasteiger partial charge >= 0.3 is 8.56 Å². The van der Waals surface area contributed by atoms with Gasteiger partial charge in [-0.15, -0.1) is 0 Å². The Hall–Kier alpha value is 0.137. The first-order valence-electron chi connectivity index (χ1n) is 12.7. The third-order valence-electron chi connectivity index (χ3n) is 5.45. The van der Waals surface area contributed by atoms with Crippen molar-refractivity contribution in [2.75, 3.05) is 0 Å². The zero-order valence-corrected chi connectivity index (χ0v) is 21.5. The van der Waals surface area contributed by atoms with Crippen LogP contribution in [0, 0.1) is 0 Å². The van der Waals surface area contributed by atoms with Gasteiger partial charge < -0.3 is 8.85 Å². The lowest BCUT2D eigenvalue weighted by Gasteiger charge is -2.31. The summed E-state index contributed by atoms with van der Waals surface area (Å²) in [6.45, 7) is 13.1. The lowest BCUT2D eigenvalue weighted by Crippen LogP contribution is -2.42. The Morgan fingerprint density at radius 2 is 0.786 bits per heavy atom. The highest BCUT2D eigenvalue weighted by Crippen LogP contribution is 2.22. The summed E-state index contributed by atoms with van der Waals surface area (Å²) in [7, 11) is -1.98. The molecular weight excluding hydrogens is 360 g/mol. The van der Waals surface area contributed by atoms with Crippen molar-refractivity contribution in [2.45, 2.75) is 162 Å². The summed E-state index contributed by atoms with van der Waals surface area (Å²) in [5.41, 5.74) is 0. The first-order valence-corrected chi connectivity index (χ1v) is 15.3. The zero-order valence-electron chi connectivity index (χ0n) is 20.5. The van der Waals surface area contributed by atoms with Crippen molar-refractivity contribution in [1.29, 1.82) is 0 Å². The molecule has 0 aliphatic rings. The van der Waals surface area contributed by atoms with Crippen molar-refractivity contribution in [1.82, 2.24) is 0 Å². The van der Waals surface area contributed by atoms with Crippen molar-refractivity contribution < 1.29 is 8.85 Å². The maximum absolute atomic E-state index is 6.19. The van der Waals surface area contributed by atoms with Crippen LogP contribution in [0.15, 0.2) is 0 Å². The molecule has 0 atom stereocenters. The van der Waals surface area contributed by atoms with E-state index in [9.17, 15) is 0 Å². The van der Waals surface area contributed by atoms with E-state index in [0.29, 0.717) is 0 Å². The fourth-order valence-electron chi connectivity index (χ4n) is 4.14. The second kappa shape index (κ2) is 19.1. The fourth-order valence-corrected chi connectivity index (χ4v) is 7.31. The molecule has 0 saturated carbocycles. The molecule has 0 aromatic rings. The van der Waals surface area contributed by atoms with E-state index in [0.717, 1.165) is 6.04 Å². The maximum atomic E-state index is 6.19. The van der Waals surface area contributed by atoms with E-state index >= 15 is 0 Å². The molecule has 0 bridgehead atoms. The molecule has 0 aromatic carbocycles. The molecule has 0 fully saturated rings. The highest BCUT2D eigenvalue weighted by Gasteiger charge is 2.33. The third-order valence-corrected chi connectivity index (χ3v) is 8.66. The summed E-state index contributed by atoms with van der Waals surface area (Å²) in [4.78, 5) is 0. The van der Waals surface area contributed by atoms with Gasteiger partial charge in [-0.05, 0) is 40.3 Å². The maximum Gasteiger partial charge on any atom is 0.335 e. The molecule has 0 unspecified atom stereocenters. The summed E-state index contributed by atoms with van der Waals surface area (Å²) >= 11 is 0. The predicted octanol–water partition coefficient (Wildman–Crippen LogP) is 9.17. The molecule has 0 aliphatic carbocycles. The van der Waals surface area contributed by atoms with Gasteiger partial charge in [0.1, 0.15) is 0 Å². The van der Waals surface area contributed by atoms with E-state index in [1.807, 2.05) is 0 Å². The van der Waals surface area contributed by atoms with Gasteiger partial charge in [-0.2, -0.15) is 0 Å². The van der Waals surface area contributed by atoms with Crippen LogP contribution in [0.2, 0.25) is 12.6 Å². The minimum Gasteiger partial charge on any atom is -0.392 e. The fraction of sp³-hybridized carbons (Fsp3) is 1.00. The molecule has 3 heteroatoms. The molecule has 170 valence electrons. The lowest BCUT2D eigenvalue weighted by molar-refractivity contribution is 0.109. The zero-order chi connectivity index (χ0) is 21.1. The van der Waals surface area contributed by atoms with Gasteiger partial charge in [-0.1, -0.05) is 110 Å². The molecule has 28 heavy (non-hydrogen) atoms. The molecule has 0 saturated heterocycles. The molecule has 0 rings (SSSR count). The molecule has 2 nitrogen and oxygen atoms in total. The van der Waals surface area contributed by atoms with Gasteiger partial charge in [0.2, 0.25) is 0 Å². The van der Waals surface area contributed by atoms with Crippen molar-refractivity contribution in [2.24, 2.45) is 0 Å². The topological polar surface area (TPSA) is 18.5 Å². The van der Waals surface area contributed by atoms with Crippen molar-refractivity contribution in [3.05, 3.63) is 0 Å². The highest BCUT2D eigenvalue weighted by molar-refractivity contribution is 6.66. The van der Waals surface area contributed by atoms with E-state index in [1.165, 1.54) is 103 Å². The first kappa shape index (κ1) is 28.1. The number of hydrogen-bond donors (Lipinski definition) is 0. The number of rotatable bonds is 21. The molecule has 0 amide bonds. The molecule has 0 aliphatic heterocycles. The minimum atomic E-state index is -1.98. The first-order chi connectivity index (χ1) is 13.4. The smallest absolute Gasteiger partial charge is 0.335 e. The summed E-state index contributed by atoms with van der Waals surface area (Å²) in [6, 6.07) is 1.14. The van der Waals surface area contributed by atoms with Crippen LogP contribution in [0.4, 0.5) is 0 Å². The van der Waals surface area contributed by atoms with Gasteiger partial charge in [-0.3, -0.25) is 0 Å². The average molecular weight is 415 g/mol. The van der Waals surface area contributed by atoms with E-state index in [1.54, 1.807) is 0 Å². The third kappa shape index (κ3) is 19.5. The van der Waals surface area contributed by atoms with Gasteiger partial charge in [0.15, 0.2) is 0 Å². The second-order valence-corrected chi connectivity index (χ2v) is 12.8. The Balaban J connectivity index is 3.44. The molecule has 0 N–H and O–H groups in total. The standard InChI is InChI=1S/C25H54O2Si/c1-7-8-9-10-11-12-13-14-15-16-17-18-19-20-21-22-23-28(6,26-24(2)3)27-25(4)5/h24-25H,7-23H2,1-6H3. The van der Waals surface area contributed by atoms with E-state index < -0.39 is 8.56 Å². The Labute approximate surface area is 179 Å². The van der Waals surface area contributed by atoms with E-state index in [4.69, 9.17) is 8.85 Å². The van der Waals surface area contributed by atoms with Gasteiger partial charge in [0, 0.05) is 12.2 Å². The van der Waals surface area contributed by atoms with Gasteiger partial charge in [0.05, 0.1) is 0 Å². The Bertz CT molecular complexity index is 308. The van der Waals surface area contributed by atoms with Crippen molar-refractivity contribution >= 4 is 8.56 Å². The quantitative estimate of drug-likeness (QED) is 0.138. The van der Waals surface area contributed by atoms with Crippen molar-refractivity contribution in [3.8, 4) is 0 Å². The SMILES string of the molecule is CCCCCCCCCCCCCCCCCC[Si](C)(OC(C)C)OC(C)C. The molecule has 0 aromatic heterocycles. The van der Waals surface area contributed by atoms with Crippen LogP contribution in [0.3, 0.4) is 0 Å². The van der Waals surface area contributed by atoms with Crippen LogP contribution in [0.5, 0.6) is 0 Å². The molecular formula is C25H54O2Si. The Morgan fingerprint density at radius 3 is 1.07 bits per heavy atom. The van der Waals surface area contributed by atoms with E-state index in [-0.39, 0.29) is 12.2 Å².